The molecule has 4 atom stereocenters. The highest BCUT2D eigenvalue weighted by atomic mass is 16.5. The number of esters is 1. The Morgan fingerprint density at radius 2 is 1.43 bits per heavy atom. The zero-order valence-corrected chi connectivity index (χ0v) is 25.6. The highest BCUT2D eigenvalue weighted by Gasteiger charge is 2.70. The molecule has 7 rings (SSSR count). The first-order valence-electron chi connectivity index (χ1n) is 15.3. The summed E-state index contributed by atoms with van der Waals surface area (Å²) >= 11 is 0. The molecule has 4 aromatic rings. The van der Waals surface area contributed by atoms with Crippen molar-refractivity contribution in [1.82, 2.24) is 4.90 Å². The van der Waals surface area contributed by atoms with Gasteiger partial charge in [-0.3, -0.25) is 19.2 Å². The Balaban J connectivity index is 1.44. The van der Waals surface area contributed by atoms with E-state index in [1.807, 2.05) is 79.6 Å². The van der Waals surface area contributed by atoms with Gasteiger partial charge in [0, 0.05) is 29.9 Å². The molecule has 8 heteroatoms. The molecule has 0 aliphatic carbocycles. The number of rotatable bonds is 7. The van der Waals surface area contributed by atoms with Gasteiger partial charge in [-0.05, 0) is 91.2 Å². The van der Waals surface area contributed by atoms with Crippen LogP contribution in [0, 0.1) is 5.92 Å². The molecule has 8 nitrogen and oxygen atoms in total. The predicted octanol–water partition coefficient (Wildman–Crippen LogP) is 6.38. The number of benzene rings is 4. The van der Waals surface area contributed by atoms with E-state index in [9.17, 15) is 19.2 Å². The standard InChI is InChI=1S/C38H32N2O6/c1-22(2)45-27-16-12-25(13-17-27)34(42)32-33(35(43)26-14-18-28(19-15-26)46-23(3)41)40-21-20-24-8-4-5-9-29(24)36(40)38(32)30-10-6-7-11-31(30)39-37(38)44/h4-22,32-33,36H,1-3H3,(H,39,44)/t32-,33+,36+,38+/m0/s1. The average Bonchev–Trinajstić information content (AvgIpc) is 3.52. The zero-order valence-electron chi connectivity index (χ0n) is 25.6. The number of nitrogens with zero attached hydrogens (tertiary/aromatic N) is 1. The topological polar surface area (TPSA) is 102 Å². The average molecular weight is 613 g/mol. The van der Waals surface area contributed by atoms with Crippen molar-refractivity contribution in [3.05, 3.63) is 131 Å². The first-order valence-corrected chi connectivity index (χ1v) is 15.3. The van der Waals surface area contributed by atoms with Crippen LogP contribution in [0.5, 0.6) is 11.5 Å². The number of para-hydroxylation sites is 1. The Morgan fingerprint density at radius 1 is 0.804 bits per heavy atom. The number of Topliss-reactive ketones (excluding diaryl/α,β-unsaturated/α-hetero) is 2. The van der Waals surface area contributed by atoms with Crippen molar-refractivity contribution in [3.63, 3.8) is 0 Å². The van der Waals surface area contributed by atoms with Crippen molar-refractivity contribution < 1.29 is 28.7 Å². The van der Waals surface area contributed by atoms with Gasteiger partial charge in [0.15, 0.2) is 11.6 Å². The lowest BCUT2D eigenvalue weighted by atomic mass is 9.62. The van der Waals surface area contributed by atoms with Crippen LogP contribution in [0.25, 0.3) is 6.08 Å². The number of hydrogen-bond donors (Lipinski definition) is 1. The second-order valence-corrected chi connectivity index (χ2v) is 12.1. The molecule has 1 amide bonds. The normalized spacial score (nSPS) is 22.2. The lowest BCUT2D eigenvalue weighted by molar-refractivity contribution is -0.131. The molecule has 3 aliphatic heterocycles. The summed E-state index contributed by atoms with van der Waals surface area (Å²) in [7, 11) is 0. The van der Waals surface area contributed by atoms with Crippen LogP contribution in [0.2, 0.25) is 0 Å². The summed E-state index contributed by atoms with van der Waals surface area (Å²) in [5, 5.41) is 3.06. The van der Waals surface area contributed by atoms with Gasteiger partial charge in [0.2, 0.25) is 5.91 Å². The second-order valence-electron chi connectivity index (χ2n) is 12.1. The Labute approximate surface area is 266 Å². The first kappa shape index (κ1) is 29.2. The Morgan fingerprint density at radius 3 is 2.13 bits per heavy atom. The number of nitrogens with one attached hydrogen (secondary N) is 1. The van der Waals surface area contributed by atoms with Gasteiger partial charge in [0.25, 0.3) is 0 Å². The highest BCUT2D eigenvalue weighted by molar-refractivity contribution is 6.16. The molecule has 3 aliphatic rings. The highest BCUT2D eigenvalue weighted by Crippen LogP contribution is 2.62. The summed E-state index contributed by atoms with van der Waals surface area (Å²) in [5.41, 5.74) is 2.35. The smallest absolute Gasteiger partial charge is 0.308 e. The van der Waals surface area contributed by atoms with Crippen LogP contribution in [0.3, 0.4) is 0 Å². The Kier molecular flexibility index (Phi) is 7.08. The quantitative estimate of drug-likeness (QED) is 0.147. The van der Waals surface area contributed by atoms with E-state index < -0.39 is 29.4 Å². The minimum Gasteiger partial charge on any atom is -0.491 e. The van der Waals surface area contributed by atoms with Gasteiger partial charge in [-0.1, -0.05) is 42.5 Å². The van der Waals surface area contributed by atoms with Crippen LogP contribution < -0.4 is 14.8 Å². The zero-order chi connectivity index (χ0) is 32.2. The third-order valence-electron chi connectivity index (χ3n) is 9.03. The SMILES string of the molecule is CC(=O)Oc1ccc(C(=O)[C@H]2[C@@H](C(=O)c3ccc(OC(C)C)cc3)[C@@]3(C(=O)Nc4ccccc43)[C@H]3c4ccccc4C=CN23)cc1. The Bertz CT molecular complexity index is 1910. The van der Waals surface area contributed by atoms with Crippen molar-refractivity contribution in [2.45, 2.75) is 44.4 Å². The molecule has 1 saturated heterocycles. The molecule has 0 bridgehead atoms. The van der Waals surface area contributed by atoms with E-state index in [0.29, 0.717) is 33.9 Å². The maximum atomic E-state index is 15.0. The fourth-order valence-corrected chi connectivity index (χ4v) is 7.34. The predicted molar refractivity (Wildman–Crippen MR) is 173 cm³/mol. The van der Waals surface area contributed by atoms with Crippen molar-refractivity contribution in [2.75, 3.05) is 5.32 Å². The summed E-state index contributed by atoms with van der Waals surface area (Å²) < 4.78 is 11.0. The number of ketones is 2. The minimum absolute atomic E-state index is 0.0460. The third kappa shape index (κ3) is 4.52. The summed E-state index contributed by atoms with van der Waals surface area (Å²) in [6.45, 7) is 5.15. The van der Waals surface area contributed by atoms with Crippen LogP contribution in [0.15, 0.2) is 103 Å². The van der Waals surface area contributed by atoms with Crippen LogP contribution in [-0.4, -0.2) is 40.5 Å². The van der Waals surface area contributed by atoms with Gasteiger partial charge in [-0.25, -0.2) is 0 Å². The van der Waals surface area contributed by atoms with Gasteiger partial charge in [-0.15, -0.1) is 0 Å². The number of carbonyl (C=O) groups excluding carboxylic acids is 4. The number of fused-ring (bicyclic) bond motifs is 6. The van der Waals surface area contributed by atoms with Gasteiger partial charge in [0.1, 0.15) is 23.0 Å². The summed E-state index contributed by atoms with van der Waals surface area (Å²) in [4.78, 5) is 57.7. The third-order valence-corrected chi connectivity index (χ3v) is 9.03. The van der Waals surface area contributed by atoms with E-state index in [0.717, 1.165) is 11.1 Å². The molecule has 0 aromatic heterocycles. The Hall–Kier alpha value is -5.50. The molecular weight excluding hydrogens is 580 g/mol. The fourth-order valence-electron chi connectivity index (χ4n) is 7.34. The van der Waals surface area contributed by atoms with Crippen molar-refractivity contribution in [2.24, 2.45) is 5.92 Å². The van der Waals surface area contributed by atoms with Crippen LogP contribution >= 0.6 is 0 Å². The number of anilines is 1. The monoisotopic (exact) mass is 612 g/mol. The number of hydrogen-bond acceptors (Lipinski definition) is 7. The maximum Gasteiger partial charge on any atom is 0.308 e. The molecule has 0 saturated carbocycles. The van der Waals surface area contributed by atoms with E-state index in [1.54, 1.807) is 48.5 Å². The molecule has 46 heavy (non-hydrogen) atoms. The fraction of sp³-hybridized carbons (Fsp3) is 0.211. The minimum atomic E-state index is -1.43. The van der Waals surface area contributed by atoms with Crippen molar-refractivity contribution in [3.8, 4) is 11.5 Å². The first-order chi connectivity index (χ1) is 22.2. The number of carbonyl (C=O) groups is 4. The molecule has 4 aromatic carbocycles. The molecule has 0 unspecified atom stereocenters. The summed E-state index contributed by atoms with van der Waals surface area (Å²) in [6, 6.07) is 26.7. The summed E-state index contributed by atoms with van der Waals surface area (Å²) in [5.74, 6) is -1.63. The molecule has 1 N–H and O–H groups in total. The molecule has 1 spiro atoms. The van der Waals surface area contributed by atoms with E-state index >= 15 is 0 Å². The van der Waals surface area contributed by atoms with Crippen molar-refractivity contribution in [1.29, 1.82) is 0 Å². The summed E-state index contributed by atoms with van der Waals surface area (Å²) in [6.07, 6.45) is 3.72. The van der Waals surface area contributed by atoms with Gasteiger partial charge in [0.05, 0.1) is 18.1 Å². The van der Waals surface area contributed by atoms with Gasteiger partial charge < -0.3 is 19.7 Å². The van der Waals surface area contributed by atoms with E-state index in [-0.39, 0.29) is 23.6 Å². The van der Waals surface area contributed by atoms with E-state index in [2.05, 4.69) is 5.32 Å². The molecule has 0 radical (unpaired) electrons. The number of ether oxygens (including phenoxy) is 2. The number of amides is 1. The van der Waals surface area contributed by atoms with Crippen LogP contribution in [0.1, 0.15) is 64.2 Å². The molecule has 230 valence electrons. The van der Waals surface area contributed by atoms with E-state index in [4.69, 9.17) is 9.47 Å². The molecule has 3 heterocycles. The van der Waals surface area contributed by atoms with Crippen molar-refractivity contribution >= 4 is 35.2 Å². The largest absolute Gasteiger partial charge is 0.491 e. The second kappa shape index (κ2) is 11.1. The lowest BCUT2D eigenvalue weighted by Crippen LogP contribution is -2.49. The van der Waals surface area contributed by atoms with Gasteiger partial charge in [-0.2, -0.15) is 0 Å². The molecule has 1 fully saturated rings. The van der Waals surface area contributed by atoms with Crippen LogP contribution in [-0.2, 0) is 15.0 Å². The molecular formula is C38H32N2O6. The van der Waals surface area contributed by atoms with Crippen LogP contribution in [0.4, 0.5) is 5.69 Å². The van der Waals surface area contributed by atoms with E-state index in [1.165, 1.54) is 6.92 Å². The maximum absolute atomic E-state index is 15.0. The lowest BCUT2D eigenvalue weighted by Gasteiger charge is -2.38. The van der Waals surface area contributed by atoms with Gasteiger partial charge >= 0.3 is 5.97 Å².